The van der Waals surface area contributed by atoms with Gasteiger partial charge < -0.3 is 10.1 Å². The smallest absolute Gasteiger partial charge is 0.131 e. The molecule has 2 unspecified atom stereocenters. The SMILES string of the molecule is COc1cccc(F)c1C(C)NC(C)c1ccccc1F. The van der Waals surface area contributed by atoms with E-state index in [0.29, 0.717) is 16.9 Å². The second-order valence-corrected chi connectivity index (χ2v) is 4.99. The third-order valence-electron chi connectivity index (χ3n) is 3.54. The second kappa shape index (κ2) is 6.68. The molecular weight excluding hydrogens is 272 g/mol. The Balaban J connectivity index is 2.22. The van der Waals surface area contributed by atoms with E-state index >= 15 is 0 Å². The van der Waals surface area contributed by atoms with Crippen molar-refractivity contribution in [1.82, 2.24) is 5.32 Å². The molecule has 21 heavy (non-hydrogen) atoms. The van der Waals surface area contributed by atoms with Gasteiger partial charge in [0.1, 0.15) is 17.4 Å². The summed E-state index contributed by atoms with van der Waals surface area (Å²) in [5.41, 5.74) is 1.00. The largest absolute Gasteiger partial charge is 0.496 e. The second-order valence-electron chi connectivity index (χ2n) is 4.99. The topological polar surface area (TPSA) is 21.3 Å². The van der Waals surface area contributed by atoms with Crippen molar-refractivity contribution in [2.24, 2.45) is 0 Å². The highest BCUT2D eigenvalue weighted by atomic mass is 19.1. The molecule has 0 saturated carbocycles. The maximum absolute atomic E-state index is 14.0. The highest BCUT2D eigenvalue weighted by Gasteiger charge is 2.19. The van der Waals surface area contributed by atoms with Crippen molar-refractivity contribution < 1.29 is 13.5 Å². The molecule has 1 N–H and O–H groups in total. The Hall–Kier alpha value is -1.94. The third kappa shape index (κ3) is 3.39. The lowest BCUT2D eigenvalue weighted by Gasteiger charge is -2.23. The summed E-state index contributed by atoms with van der Waals surface area (Å²) in [4.78, 5) is 0. The Morgan fingerprint density at radius 1 is 0.905 bits per heavy atom. The lowest BCUT2D eigenvalue weighted by Crippen LogP contribution is -2.24. The molecule has 0 saturated heterocycles. The van der Waals surface area contributed by atoms with Gasteiger partial charge in [-0.15, -0.1) is 0 Å². The third-order valence-corrected chi connectivity index (χ3v) is 3.54. The van der Waals surface area contributed by atoms with Crippen LogP contribution < -0.4 is 10.1 Å². The van der Waals surface area contributed by atoms with Crippen molar-refractivity contribution in [2.75, 3.05) is 7.11 Å². The van der Waals surface area contributed by atoms with Crippen molar-refractivity contribution in [3.05, 3.63) is 65.2 Å². The highest BCUT2D eigenvalue weighted by Crippen LogP contribution is 2.29. The fourth-order valence-electron chi connectivity index (χ4n) is 2.49. The molecule has 4 heteroatoms. The average Bonchev–Trinajstić information content (AvgIpc) is 2.46. The van der Waals surface area contributed by atoms with E-state index in [-0.39, 0.29) is 23.7 Å². The van der Waals surface area contributed by atoms with Crippen molar-refractivity contribution in [1.29, 1.82) is 0 Å². The Bertz CT molecular complexity index is 615. The maximum Gasteiger partial charge on any atom is 0.131 e. The van der Waals surface area contributed by atoms with Gasteiger partial charge in [0, 0.05) is 23.2 Å². The zero-order chi connectivity index (χ0) is 15.4. The Morgan fingerprint density at radius 2 is 1.57 bits per heavy atom. The minimum atomic E-state index is -0.338. The van der Waals surface area contributed by atoms with Gasteiger partial charge in [0.2, 0.25) is 0 Å². The van der Waals surface area contributed by atoms with Crippen LogP contribution in [0.4, 0.5) is 8.78 Å². The Morgan fingerprint density at radius 3 is 2.24 bits per heavy atom. The van der Waals surface area contributed by atoms with E-state index < -0.39 is 0 Å². The van der Waals surface area contributed by atoms with Crippen LogP contribution in [0.1, 0.15) is 37.1 Å². The fourth-order valence-corrected chi connectivity index (χ4v) is 2.49. The average molecular weight is 291 g/mol. The molecule has 0 radical (unpaired) electrons. The van der Waals surface area contributed by atoms with Crippen molar-refractivity contribution in [3.63, 3.8) is 0 Å². The quantitative estimate of drug-likeness (QED) is 0.882. The van der Waals surface area contributed by atoms with Crippen LogP contribution in [0.3, 0.4) is 0 Å². The first-order chi connectivity index (χ1) is 10.0. The summed E-state index contributed by atoms with van der Waals surface area (Å²) in [5.74, 6) is -0.129. The molecule has 2 aromatic carbocycles. The summed E-state index contributed by atoms with van der Waals surface area (Å²) in [7, 11) is 1.51. The molecule has 0 aliphatic heterocycles. The molecule has 0 aliphatic rings. The monoisotopic (exact) mass is 291 g/mol. The van der Waals surface area contributed by atoms with E-state index in [1.54, 1.807) is 30.3 Å². The molecule has 2 rings (SSSR count). The molecule has 2 aromatic rings. The van der Waals surface area contributed by atoms with Crippen LogP contribution in [-0.4, -0.2) is 7.11 Å². The number of ether oxygens (including phenoxy) is 1. The lowest BCUT2D eigenvalue weighted by atomic mass is 10.0. The zero-order valence-corrected chi connectivity index (χ0v) is 12.4. The predicted octanol–water partition coefficient (Wildman–Crippen LogP) is 4.39. The number of nitrogens with one attached hydrogen (secondary N) is 1. The molecule has 112 valence electrons. The molecular formula is C17H19F2NO. The first-order valence-electron chi connectivity index (χ1n) is 6.87. The molecule has 2 nitrogen and oxygen atoms in total. The molecule has 0 bridgehead atoms. The van der Waals surface area contributed by atoms with Gasteiger partial charge >= 0.3 is 0 Å². The number of hydrogen-bond acceptors (Lipinski definition) is 2. The van der Waals surface area contributed by atoms with Crippen LogP contribution in [0.25, 0.3) is 0 Å². The molecule has 0 amide bonds. The van der Waals surface area contributed by atoms with Crippen LogP contribution in [0.2, 0.25) is 0 Å². The summed E-state index contributed by atoms with van der Waals surface area (Å²) in [6.45, 7) is 3.68. The van der Waals surface area contributed by atoms with Crippen LogP contribution in [0.5, 0.6) is 5.75 Å². The van der Waals surface area contributed by atoms with Gasteiger partial charge in [0.15, 0.2) is 0 Å². The van der Waals surface area contributed by atoms with Gasteiger partial charge in [0.05, 0.1) is 7.11 Å². The van der Waals surface area contributed by atoms with Gasteiger partial charge in [-0.3, -0.25) is 0 Å². The molecule has 0 fully saturated rings. The normalized spacial score (nSPS) is 13.8. The summed E-state index contributed by atoms with van der Waals surface area (Å²) >= 11 is 0. The van der Waals surface area contributed by atoms with E-state index in [2.05, 4.69) is 5.32 Å². The number of hydrogen-bond donors (Lipinski definition) is 1. The summed E-state index contributed by atoms with van der Waals surface area (Å²) in [5, 5.41) is 3.21. The van der Waals surface area contributed by atoms with Crippen LogP contribution in [0.15, 0.2) is 42.5 Å². The Labute approximate surface area is 123 Å². The number of rotatable bonds is 5. The number of benzene rings is 2. The molecule has 0 heterocycles. The van der Waals surface area contributed by atoms with E-state index in [4.69, 9.17) is 4.74 Å². The van der Waals surface area contributed by atoms with Crippen LogP contribution >= 0.6 is 0 Å². The summed E-state index contributed by atoms with van der Waals surface area (Å²) < 4.78 is 33.0. The van der Waals surface area contributed by atoms with Crippen molar-refractivity contribution in [2.45, 2.75) is 25.9 Å². The highest BCUT2D eigenvalue weighted by molar-refractivity contribution is 5.37. The Kier molecular flexibility index (Phi) is 4.91. The van der Waals surface area contributed by atoms with E-state index in [1.165, 1.54) is 19.2 Å². The van der Waals surface area contributed by atoms with Crippen LogP contribution in [0, 0.1) is 11.6 Å². The van der Waals surface area contributed by atoms with Gasteiger partial charge in [-0.05, 0) is 32.0 Å². The summed E-state index contributed by atoms with van der Waals surface area (Å²) in [6, 6.07) is 10.7. The fraction of sp³-hybridized carbons (Fsp3) is 0.294. The van der Waals surface area contributed by atoms with Crippen LogP contribution in [-0.2, 0) is 0 Å². The van der Waals surface area contributed by atoms with Gasteiger partial charge in [-0.2, -0.15) is 0 Å². The summed E-state index contributed by atoms with van der Waals surface area (Å²) in [6.07, 6.45) is 0. The minimum Gasteiger partial charge on any atom is -0.496 e. The molecule has 0 aliphatic carbocycles. The number of methoxy groups -OCH3 is 1. The first kappa shape index (κ1) is 15.4. The first-order valence-corrected chi connectivity index (χ1v) is 6.87. The zero-order valence-electron chi connectivity index (χ0n) is 12.4. The van der Waals surface area contributed by atoms with Gasteiger partial charge in [-0.25, -0.2) is 8.78 Å². The molecule has 0 aromatic heterocycles. The molecule has 2 atom stereocenters. The maximum atomic E-state index is 14.0. The molecule has 0 spiro atoms. The van der Waals surface area contributed by atoms with Crippen molar-refractivity contribution >= 4 is 0 Å². The lowest BCUT2D eigenvalue weighted by molar-refractivity contribution is 0.386. The van der Waals surface area contributed by atoms with Crippen molar-refractivity contribution in [3.8, 4) is 5.75 Å². The van der Waals surface area contributed by atoms with E-state index in [9.17, 15) is 8.78 Å². The predicted molar refractivity (Wildman–Crippen MR) is 79.3 cm³/mol. The van der Waals surface area contributed by atoms with Gasteiger partial charge in [0.25, 0.3) is 0 Å². The standard InChI is InChI=1S/C17H19F2NO/c1-11(13-7-4-5-8-14(13)18)20-12(2)17-15(19)9-6-10-16(17)21-3/h4-12,20H,1-3H3. The van der Waals surface area contributed by atoms with Gasteiger partial charge in [-0.1, -0.05) is 24.3 Å². The minimum absolute atomic E-state index is 0.245. The van der Waals surface area contributed by atoms with E-state index in [1.807, 2.05) is 13.8 Å². The van der Waals surface area contributed by atoms with E-state index in [0.717, 1.165) is 0 Å². The number of halogens is 2.